The van der Waals surface area contributed by atoms with Crippen molar-refractivity contribution in [3.8, 4) is 5.75 Å². The summed E-state index contributed by atoms with van der Waals surface area (Å²) >= 11 is 1.69. The normalized spacial score (nSPS) is 10.5. The lowest BCUT2D eigenvalue weighted by molar-refractivity contribution is -0.384. The van der Waals surface area contributed by atoms with Gasteiger partial charge in [0.05, 0.1) is 18.1 Å². The van der Waals surface area contributed by atoms with Crippen LogP contribution in [0, 0.1) is 10.1 Å². The Bertz CT molecular complexity index is 429. The van der Waals surface area contributed by atoms with Gasteiger partial charge in [-0.05, 0) is 12.3 Å². The molecule has 1 N–H and O–H groups in total. The fourth-order valence-corrected chi connectivity index (χ4v) is 1.84. The second kappa shape index (κ2) is 9.57. The third-order valence-electron chi connectivity index (χ3n) is 2.60. The van der Waals surface area contributed by atoms with Gasteiger partial charge in [0.2, 0.25) is 0 Å². The fraction of sp³-hybridized carbons (Fsp3) is 0.538. The lowest BCUT2D eigenvalue weighted by atomic mass is 10.1. The molecule has 6 nitrogen and oxygen atoms in total. The van der Waals surface area contributed by atoms with Gasteiger partial charge in [0.15, 0.2) is 0 Å². The van der Waals surface area contributed by atoms with Crippen LogP contribution in [0.3, 0.4) is 0 Å². The van der Waals surface area contributed by atoms with Gasteiger partial charge in [0, 0.05) is 43.6 Å². The van der Waals surface area contributed by atoms with E-state index >= 15 is 0 Å². The molecule has 0 spiro atoms. The molecule has 0 amide bonds. The number of nitrogens with one attached hydrogen (secondary N) is 1. The number of ether oxygens (including phenoxy) is 2. The topological polar surface area (TPSA) is 73.6 Å². The van der Waals surface area contributed by atoms with E-state index in [9.17, 15) is 10.1 Å². The summed E-state index contributed by atoms with van der Waals surface area (Å²) in [6, 6.07) is 4.67. The molecule has 0 aliphatic carbocycles. The highest BCUT2D eigenvalue weighted by molar-refractivity contribution is 7.98. The van der Waals surface area contributed by atoms with Crippen LogP contribution >= 0.6 is 11.8 Å². The monoisotopic (exact) mass is 300 g/mol. The van der Waals surface area contributed by atoms with Crippen LogP contribution in [0.2, 0.25) is 0 Å². The highest BCUT2D eigenvalue weighted by Gasteiger charge is 2.11. The van der Waals surface area contributed by atoms with Crippen LogP contribution in [0.5, 0.6) is 5.75 Å². The van der Waals surface area contributed by atoms with Crippen LogP contribution in [0.4, 0.5) is 5.69 Å². The first-order chi connectivity index (χ1) is 9.69. The van der Waals surface area contributed by atoms with Crippen molar-refractivity contribution in [3.63, 3.8) is 0 Å². The molecular weight excluding hydrogens is 280 g/mol. The van der Waals surface area contributed by atoms with E-state index in [0.29, 0.717) is 32.1 Å². The zero-order valence-corrected chi connectivity index (χ0v) is 12.6. The Balaban J connectivity index is 2.72. The zero-order valence-electron chi connectivity index (χ0n) is 11.8. The molecule has 1 aromatic rings. The number of rotatable bonds is 10. The largest absolute Gasteiger partial charge is 0.492 e. The maximum atomic E-state index is 10.8. The molecule has 0 saturated carbocycles. The van der Waals surface area contributed by atoms with E-state index in [0.717, 1.165) is 11.3 Å². The lowest BCUT2D eigenvalue weighted by Crippen LogP contribution is -2.19. The number of methoxy groups -OCH3 is 1. The molecule has 1 rings (SSSR count). The summed E-state index contributed by atoms with van der Waals surface area (Å²) in [7, 11) is 1.63. The van der Waals surface area contributed by atoms with Crippen molar-refractivity contribution >= 4 is 17.4 Å². The molecule has 7 heteroatoms. The predicted molar refractivity (Wildman–Crippen MR) is 80.6 cm³/mol. The first-order valence-electron chi connectivity index (χ1n) is 6.27. The van der Waals surface area contributed by atoms with E-state index in [4.69, 9.17) is 9.47 Å². The number of thioether (sulfide) groups is 1. The fourth-order valence-electron chi connectivity index (χ4n) is 1.59. The Hall–Kier alpha value is -1.31. The summed E-state index contributed by atoms with van der Waals surface area (Å²) in [6.07, 6.45) is 2.01. The number of hydrogen-bond donors (Lipinski definition) is 1. The first-order valence-corrected chi connectivity index (χ1v) is 7.67. The number of nitrogens with zero attached hydrogens (tertiary/aromatic N) is 1. The van der Waals surface area contributed by atoms with E-state index in [1.54, 1.807) is 31.0 Å². The van der Waals surface area contributed by atoms with E-state index < -0.39 is 4.92 Å². The average Bonchev–Trinajstić information content (AvgIpc) is 2.44. The van der Waals surface area contributed by atoms with Crippen LogP contribution in [-0.4, -0.2) is 43.8 Å². The van der Waals surface area contributed by atoms with Crippen molar-refractivity contribution in [3.05, 3.63) is 33.9 Å². The van der Waals surface area contributed by atoms with Gasteiger partial charge in [0.1, 0.15) is 5.75 Å². The minimum atomic E-state index is -0.398. The maximum Gasteiger partial charge on any atom is 0.270 e. The molecule has 0 heterocycles. The number of nitro benzene ring substituents is 1. The van der Waals surface area contributed by atoms with E-state index in [1.165, 1.54) is 6.07 Å². The third kappa shape index (κ3) is 5.77. The second-order valence-corrected chi connectivity index (χ2v) is 5.05. The number of hydrogen-bond acceptors (Lipinski definition) is 6. The van der Waals surface area contributed by atoms with Crippen LogP contribution in [0.25, 0.3) is 0 Å². The lowest BCUT2D eigenvalue weighted by Gasteiger charge is -2.12. The number of non-ortho nitro benzene ring substituents is 1. The summed E-state index contributed by atoms with van der Waals surface area (Å²) in [5.41, 5.74) is 0.863. The third-order valence-corrected chi connectivity index (χ3v) is 3.17. The minimum Gasteiger partial charge on any atom is -0.492 e. The Kier molecular flexibility index (Phi) is 8.01. The van der Waals surface area contributed by atoms with E-state index in [2.05, 4.69) is 5.32 Å². The van der Waals surface area contributed by atoms with E-state index in [-0.39, 0.29) is 5.69 Å². The van der Waals surface area contributed by atoms with Crippen LogP contribution < -0.4 is 10.1 Å². The smallest absolute Gasteiger partial charge is 0.270 e. The quantitative estimate of drug-likeness (QED) is 0.405. The van der Waals surface area contributed by atoms with Crippen molar-refractivity contribution in [2.45, 2.75) is 6.54 Å². The summed E-state index contributed by atoms with van der Waals surface area (Å²) in [5, 5.41) is 14.0. The Morgan fingerprint density at radius 2 is 2.20 bits per heavy atom. The van der Waals surface area contributed by atoms with Gasteiger partial charge in [-0.2, -0.15) is 11.8 Å². The van der Waals surface area contributed by atoms with E-state index in [1.807, 2.05) is 6.26 Å². The number of benzene rings is 1. The van der Waals surface area contributed by atoms with Crippen LogP contribution in [0.1, 0.15) is 5.56 Å². The highest BCUT2D eigenvalue weighted by atomic mass is 32.2. The SMILES string of the molecule is COCCNCc1cc([N+](=O)[O-])ccc1OCCSC. The molecular formula is C13H20N2O4S. The molecule has 112 valence electrons. The summed E-state index contributed by atoms with van der Waals surface area (Å²) in [5.74, 6) is 1.57. The van der Waals surface area contributed by atoms with Crippen LogP contribution in [0.15, 0.2) is 18.2 Å². The average molecular weight is 300 g/mol. The molecule has 0 atom stereocenters. The van der Waals surface area contributed by atoms with Crippen molar-refractivity contribution in [1.29, 1.82) is 0 Å². The Morgan fingerprint density at radius 3 is 2.85 bits per heavy atom. The molecule has 0 radical (unpaired) electrons. The molecule has 1 aromatic carbocycles. The van der Waals surface area contributed by atoms with Gasteiger partial charge in [0.25, 0.3) is 5.69 Å². The molecule has 20 heavy (non-hydrogen) atoms. The van der Waals surface area contributed by atoms with Gasteiger partial charge in [-0.3, -0.25) is 10.1 Å². The molecule has 0 bridgehead atoms. The zero-order chi connectivity index (χ0) is 14.8. The van der Waals surface area contributed by atoms with Gasteiger partial charge >= 0.3 is 0 Å². The van der Waals surface area contributed by atoms with Crippen molar-refractivity contribution < 1.29 is 14.4 Å². The molecule has 0 aliphatic rings. The Labute approximate surface area is 123 Å². The molecule has 0 unspecified atom stereocenters. The van der Waals surface area contributed by atoms with Crippen molar-refractivity contribution in [2.75, 3.05) is 38.9 Å². The first kappa shape index (κ1) is 16.7. The van der Waals surface area contributed by atoms with Gasteiger partial charge < -0.3 is 14.8 Å². The summed E-state index contributed by atoms with van der Waals surface area (Å²) in [4.78, 5) is 10.4. The second-order valence-electron chi connectivity index (χ2n) is 4.06. The minimum absolute atomic E-state index is 0.0748. The highest BCUT2D eigenvalue weighted by Crippen LogP contribution is 2.24. The summed E-state index contributed by atoms with van der Waals surface area (Å²) < 4.78 is 10.6. The van der Waals surface area contributed by atoms with Crippen LogP contribution in [-0.2, 0) is 11.3 Å². The molecule has 0 aliphatic heterocycles. The Morgan fingerprint density at radius 1 is 1.40 bits per heavy atom. The molecule has 0 aromatic heterocycles. The number of nitro groups is 1. The van der Waals surface area contributed by atoms with Gasteiger partial charge in [-0.1, -0.05) is 0 Å². The maximum absolute atomic E-state index is 10.8. The standard InChI is InChI=1S/C13H20N2O4S/c1-18-6-5-14-10-11-9-12(15(16)17)3-4-13(11)19-7-8-20-2/h3-4,9,14H,5-8,10H2,1-2H3. The summed E-state index contributed by atoms with van der Waals surface area (Å²) in [6.45, 7) is 2.38. The molecule has 0 fully saturated rings. The van der Waals surface area contributed by atoms with Gasteiger partial charge in [-0.25, -0.2) is 0 Å². The predicted octanol–water partition coefficient (Wildman–Crippen LogP) is 2.07. The van der Waals surface area contributed by atoms with Crippen molar-refractivity contribution in [2.24, 2.45) is 0 Å². The molecule has 0 saturated heterocycles. The van der Waals surface area contributed by atoms with Crippen molar-refractivity contribution in [1.82, 2.24) is 5.32 Å². The van der Waals surface area contributed by atoms with Gasteiger partial charge in [-0.15, -0.1) is 0 Å².